The second-order valence-electron chi connectivity index (χ2n) is 7.70. The fourth-order valence-corrected chi connectivity index (χ4v) is 4.02. The lowest BCUT2D eigenvalue weighted by Gasteiger charge is -2.36. The van der Waals surface area contributed by atoms with Crippen LogP contribution in [0.4, 0.5) is 5.69 Å². The largest absolute Gasteiger partial charge is 0.506 e. The van der Waals surface area contributed by atoms with Crippen LogP contribution in [0.5, 0.6) is 5.75 Å². The van der Waals surface area contributed by atoms with E-state index in [1.54, 1.807) is 6.07 Å². The van der Waals surface area contributed by atoms with Gasteiger partial charge in [-0.2, -0.15) is 0 Å². The van der Waals surface area contributed by atoms with E-state index in [1.807, 2.05) is 76.3 Å². The number of aromatic hydroxyl groups is 1. The fourth-order valence-electron chi connectivity index (χ4n) is 4.02. The number of carbonyl (C=O) groups excluding carboxylic acids is 1. The monoisotopic (exact) mass is 413 g/mol. The van der Waals surface area contributed by atoms with Crippen molar-refractivity contribution < 1.29 is 9.90 Å². The number of benzene rings is 3. The van der Waals surface area contributed by atoms with Gasteiger partial charge in [0.25, 0.3) is 5.91 Å². The van der Waals surface area contributed by atoms with Crippen molar-refractivity contribution in [2.24, 2.45) is 0 Å². The number of phenolic OH excluding ortho intramolecular Hbond substituents is 1. The Morgan fingerprint density at radius 3 is 2.35 bits per heavy atom. The molecule has 1 aliphatic rings. The molecule has 3 aromatic carbocycles. The highest BCUT2D eigenvalue weighted by Crippen LogP contribution is 2.27. The van der Waals surface area contributed by atoms with E-state index < -0.39 is 0 Å². The first-order valence-corrected chi connectivity index (χ1v) is 10.4. The maximum Gasteiger partial charge on any atom is 0.253 e. The molecule has 31 heavy (non-hydrogen) atoms. The van der Waals surface area contributed by atoms with Crippen LogP contribution in [-0.2, 0) is 6.54 Å². The predicted molar refractivity (Wildman–Crippen MR) is 119 cm³/mol. The van der Waals surface area contributed by atoms with Crippen LogP contribution in [0, 0.1) is 0 Å². The summed E-state index contributed by atoms with van der Waals surface area (Å²) in [5.74, 6) is 0.313. The molecule has 1 amide bonds. The normalized spacial score (nSPS) is 14.2. The molecule has 1 aliphatic heterocycles. The minimum Gasteiger partial charge on any atom is -0.506 e. The Labute approximate surface area is 180 Å². The first-order valence-electron chi connectivity index (χ1n) is 10.4. The Morgan fingerprint density at radius 1 is 0.871 bits per heavy atom. The van der Waals surface area contributed by atoms with Crippen molar-refractivity contribution in [1.29, 1.82) is 0 Å². The van der Waals surface area contributed by atoms with Crippen LogP contribution < -0.4 is 4.90 Å². The third-order valence-corrected chi connectivity index (χ3v) is 5.74. The number of rotatable bonds is 4. The number of hydrogen-bond acceptors (Lipinski definition) is 5. The Bertz CT molecular complexity index is 1210. The zero-order chi connectivity index (χ0) is 21.2. The maximum absolute atomic E-state index is 12.9. The summed E-state index contributed by atoms with van der Waals surface area (Å²) < 4.78 is 1.87. The molecule has 0 atom stereocenters. The summed E-state index contributed by atoms with van der Waals surface area (Å²) in [6.07, 6.45) is 0. The Morgan fingerprint density at radius 2 is 1.58 bits per heavy atom. The van der Waals surface area contributed by atoms with E-state index in [0.29, 0.717) is 38.3 Å². The number of piperazine rings is 1. The van der Waals surface area contributed by atoms with Crippen LogP contribution in [0.1, 0.15) is 15.9 Å². The molecule has 0 radical (unpaired) electrons. The second kappa shape index (κ2) is 8.10. The molecule has 1 fully saturated rings. The highest BCUT2D eigenvalue weighted by atomic mass is 16.3. The Hall–Kier alpha value is -3.87. The summed E-state index contributed by atoms with van der Waals surface area (Å²) >= 11 is 0. The molecule has 0 aliphatic carbocycles. The number of carbonyl (C=O) groups is 1. The lowest BCUT2D eigenvalue weighted by atomic mass is 10.1. The molecule has 2 heterocycles. The van der Waals surface area contributed by atoms with Gasteiger partial charge in [0.15, 0.2) is 0 Å². The van der Waals surface area contributed by atoms with Crippen molar-refractivity contribution in [3.05, 3.63) is 83.9 Å². The highest BCUT2D eigenvalue weighted by molar-refractivity contribution is 5.94. The number of aromatic nitrogens is 3. The number of phenols is 1. The van der Waals surface area contributed by atoms with Crippen LogP contribution in [-0.4, -0.2) is 57.1 Å². The van der Waals surface area contributed by atoms with Gasteiger partial charge in [-0.15, -0.1) is 5.10 Å². The van der Waals surface area contributed by atoms with Crippen LogP contribution >= 0.6 is 0 Å². The lowest BCUT2D eigenvalue weighted by molar-refractivity contribution is 0.0746. The number of anilines is 1. The predicted octanol–water partition coefficient (Wildman–Crippen LogP) is 3.15. The topological polar surface area (TPSA) is 74.5 Å². The average Bonchev–Trinajstić information content (AvgIpc) is 3.22. The zero-order valence-electron chi connectivity index (χ0n) is 17.1. The van der Waals surface area contributed by atoms with Crippen molar-refractivity contribution in [3.63, 3.8) is 0 Å². The summed E-state index contributed by atoms with van der Waals surface area (Å²) in [4.78, 5) is 16.9. The third kappa shape index (κ3) is 3.82. The average molecular weight is 413 g/mol. The van der Waals surface area contributed by atoms with Gasteiger partial charge >= 0.3 is 0 Å². The molecule has 0 saturated carbocycles. The van der Waals surface area contributed by atoms with E-state index in [-0.39, 0.29) is 11.7 Å². The van der Waals surface area contributed by atoms with Crippen molar-refractivity contribution in [3.8, 4) is 5.75 Å². The molecule has 1 saturated heterocycles. The van der Waals surface area contributed by atoms with Crippen molar-refractivity contribution in [1.82, 2.24) is 19.9 Å². The van der Waals surface area contributed by atoms with Crippen LogP contribution in [0.2, 0.25) is 0 Å². The van der Waals surface area contributed by atoms with Gasteiger partial charge in [0.05, 0.1) is 17.7 Å². The minimum absolute atomic E-state index is 0.0367. The first kappa shape index (κ1) is 19.1. The smallest absolute Gasteiger partial charge is 0.253 e. The Kier molecular flexibility index (Phi) is 5.00. The van der Waals surface area contributed by atoms with Gasteiger partial charge < -0.3 is 14.9 Å². The third-order valence-electron chi connectivity index (χ3n) is 5.74. The minimum atomic E-state index is 0.0367. The van der Waals surface area contributed by atoms with Crippen molar-refractivity contribution in [2.45, 2.75) is 6.54 Å². The first-order chi connectivity index (χ1) is 15.2. The number of nitrogens with zero attached hydrogens (tertiary/aromatic N) is 5. The van der Waals surface area contributed by atoms with E-state index in [2.05, 4.69) is 15.2 Å². The maximum atomic E-state index is 12.9. The molecule has 0 bridgehead atoms. The van der Waals surface area contributed by atoms with Crippen molar-refractivity contribution in [2.75, 3.05) is 31.1 Å². The van der Waals surface area contributed by atoms with E-state index in [4.69, 9.17) is 0 Å². The molecule has 4 aromatic rings. The molecule has 7 nitrogen and oxygen atoms in total. The van der Waals surface area contributed by atoms with Gasteiger partial charge in [-0.05, 0) is 42.0 Å². The van der Waals surface area contributed by atoms with Gasteiger partial charge in [0.2, 0.25) is 0 Å². The van der Waals surface area contributed by atoms with Gasteiger partial charge in [0.1, 0.15) is 11.3 Å². The zero-order valence-corrected chi connectivity index (χ0v) is 17.1. The van der Waals surface area contributed by atoms with E-state index in [9.17, 15) is 9.90 Å². The molecule has 1 aromatic heterocycles. The number of fused-ring (bicyclic) bond motifs is 1. The molecule has 5 rings (SSSR count). The molecule has 0 spiro atoms. The number of amides is 1. The van der Waals surface area contributed by atoms with Gasteiger partial charge in [-0.25, -0.2) is 4.68 Å². The lowest BCUT2D eigenvalue weighted by Crippen LogP contribution is -2.48. The highest BCUT2D eigenvalue weighted by Gasteiger charge is 2.23. The van der Waals surface area contributed by atoms with Gasteiger partial charge in [0, 0.05) is 31.7 Å². The second-order valence-corrected chi connectivity index (χ2v) is 7.70. The van der Waals surface area contributed by atoms with Crippen LogP contribution in [0.25, 0.3) is 11.0 Å². The van der Waals surface area contributed by atoms with Crippen LogP contribution in [0.3, 0.4) is 0 Å². The fraction of sp³-hybridized carbons (Fsp3) is 0.208. The summed E-state index contributed by atoms with van der Waals surface area (Å²) in [5.41, 5.74) is 4.43. The van der Waals surface area contributed by atoms with Crippen LogP contribution in [0.15, 0.2) is 72.8 Å². The molecule has 1 N–H and O–H groups in total. The van der Waals surface area contributed by atoms with Crippen molar-refractivity contribution >= 4 is 22.6 Å². The molecule has 0 unspecified atom stereocenters. The molecule has 7 heteroatoms. The van der Waals surface area contributed by atoms with E-state index >= 15 is 0 Å². The van der Waals surface area contributed by atoms with Gasteiger partial charge in [-0.3, -0.25) is 4.79 Å². The Balaban J connectivity index is 1.23. The quantitative estimate of drug-likeness (QED) is 0.556. The van der Waals surface area contributed by atoms with E-state index in [1.165, 1.54) is 0 Å². The standard InChI is InChI=1S/C24H23N5O2/c30-23-8-4-3-7-22(23)27-13-15-28(16-14-27)24(31)19-11-9-18(10-12-19)17-29-21-6-2-1-5-20(21)25-26-29/h1-12,30H,13-17H2. The molecular formula is C24H23N5O2. The van der Waals surface area contributed by atoms with Gasteiger partial charge in [-0.1, -0.05) is 41.6 Å². The number of para-hydroxylation sites is 3. The summed E-state index contributed by atoms with van der Waals surface area (Å²) in [7, 11) is 0. The summed E-state index contributed by atoms with van der Waals surface area (Å²) in [5, 5.41) is 18.5. The number of hydrogen-bond donors (Lipinski definition) is 1. The SMILES string of the molecule is O=C(c1ccc(Cn2nnc3ccccc32)cc1)N1CCN(c2ccccc2O)CC1. The van der Waals surface area contributed by atoms with E-state index in [0.717, 1.165) is 22.3 Å². The molecule has 156 valence electrons. The summed E-state index contributed by atoms with van der Waals surface area (Å²) in [6.45, 7) is 3.25. The molecular weight excluding hydrogens is 390 g/mol. The summed E-state index contributed by atoms with van der Waals surface area (Å²) in [6, 6.07) is 22.9.